The van der Waals surface area contributed by atoms with Crippen molar-refractivity contribution in [3.05, 3.63) is 83.4 Å². The van der Waals surface area contributed by atoms with Crippen LogP contribution in [0.4, 0.5) is 5.69 Å². The summed E-state index contributed by atoms with van der Waals surface area (Å²) in [5.74, 6) is 0.0658. The first-order chi connectivity index (χ1) is 12.1. The molecule has 25 heavy (non-hydrogen) atoms. The van der Waals surface area contributed by atoms with Crippen molar-refractivity contribution in [1.82, 2.24) is 0 Å². The molecule has 0 spiro atoms. The van der Waals surface area contributed by atoms with E-state index in [4.69, 9.17) is 0 Å². The number of allylic oxidation sites excluding steroid dienone is 3. The van der Waals surface area contributed by atoms with Gasteiger partial charge in [0.1, 0.15) is 0 Å². The lowest BCUT2D eigenvalue weighted by atomic mass is 10.1. The number of benzene rings is 2. The smallest absolute Gasteiger partial charge is 0.227 e. The van der Waals surface area contributed by atoms with Crippen molar-refractivity contribution < 1.29 is 9.59 Å². The van der Waals surface area contributed by atoms with Gasteiger partial charge < -0.3 is 4.90 Å². The number of carbonyl (C=O) groups excluding carboxylic acids is 2. The molecular formula is C22H21NO2. The van der Waals surface area contributed by atoms with Crippen LogP contribution in [0.25, 0.3) is 6.08 Å². The monoisotopic (exact) mass is 331 g/mol. The van der Waals surface area contributed by atoms with Gasteiger partial charge in [-0.3, -0.25) is 9.59 Å². The van der Waals surface area contributed by atoms with Crippen molar-refractivity contribution in [3.8, 4) is 0 Å². The first kappa shape index (κ1) is 16.9. The molecule has 1 amide bonds. The minimum absolute atomic E-state index is 0.0608. The lowest BCUT2D eigenvalue weighted by Crippen LogP contribution is -2.23. The molecule has 126 valence electrons. The third-order valence-corrected chi connectivity index (χ3v) is 4.21. The predicted molar refractivity (Wildman–Crippen MR) is 102 cm³/mol. The molecule has 0 N–H and O–H groups in total. The largest absolute Gasteiger partial charge is 0.312 e. The Morgan fingerprint density at radius 1 is 1.04 bits per heavy atom. The van der Waals surface area contributed by atoms with Crippen molar-refractivity contribution in [1.29, 1.82) is 0 Å². The zero-order valence-corrected chi connectivity index (χ0v) is 14.3. The topological polar surface area (TPSA) is 37.4 Å². The second kappa shape index (κ2) is 7.75. The van der Waals surface area contributed by atoms with Gasteiger partial charge in [-0.1, -0.05) is 60.2 Å². The fourth-order valence-electron chi connectivity index (χ4n) is 2.91. The molecule has 2 aromatic rings. The summed E-state index contributed by atoms with van der Waals surface area (Å²) in [6, 6.07) is 17.3. The molecule has 0 saturated carbocycles. The summed E-state index contributed by atoms with van der Waals surface area (Å²) < 4.78 is 0. The summed E-state index contributed by atoms with van der Waals surface area (Å²) >= 11 is 0. The summed E-state index contributed by atoms with van der Waals surface area (Å²) in [4.78, 5) is 26.0. The Hall–Kier alpha value is -2.94. The first-order valence-corrected chi connectivity index (χ1v) is 8.50. The first-order valence-electron chi connectivity index (χ1n) is 8.50. The maximum Gasteiger partial charge on any atom is 0.227 e. The highest BCUT2D eigenvalue weighted by Crippen LogP contribution is 2.22. The molecule has 0 unspecified atom stereocenters. The van der Waals surface area contributed by atoms with Gasteiger partial charge in [0.2, 0.25) is 5.91 Å². The third kappa shape index (κ3) is 4.32. The zero-order chi connectivity index (χ0) is 17.6. The Balaban J connectivity index is 1.73. The van der Waals surface area contributed by atoms with Gasteiger partial charge in [0.05, 0.1) is 0 Å². The number of anilines is 1. The summed E-state index contributed by atoms with van der Waals surface area (Å²) in [6.07, 6.45) is 6.90. The molecule has 1 heterocycles. The second-order valence-electron chi connectivity index (χ2n) is 6.20. The van der Waals surface area contributed by atoms with Crippen LogP contribution in [-0.4, -0.2) is 18.2 Å². The van der Waals surface area contributed by atoms with E-state index in [2.05, 4.69) is 0 Å². The van der Waals surface area contributed by atoms with E-state index < -0.39 is 0 Å². The molecule has 3 rings (SSSR count). The molecule has 1 aliphatic heterocycles. The Kier molecular flexibility index (Phi) is 5.24. The van der Waals surface area contributed by atoms with Gasteiger partial charge in [-0.05, 0) is 37.1 Å². The van der Waals surface area contributed by atoms with Crippen LogP contribution in [0.5, 0.6) is 0 Å². The molecule has 3 nitrogen and oxygen atoms in total. The minimum Gasteiger partial charge on any atom is -0.312 e. The average molecular weight is 331 g/mol. The molecule has 0 aromatic heterocycles. The SMILES string of the molecule is CC(/C=C\C(=O)c1cccc(N2CCCC2=O)c1)=C/c1ccccc1. The van der Waals surface area contributed by atoms with E-state index >= 15 is 0 Å². The number of hydrogen-bond donors (Lipinski definition) is 0. The standard InChI is InChI=1S/C22H21NO2/c1-17(15-18-7-3-2-4-8-18)12-13-21(24)19-9-5-10-20(16-19)23-14-6-11-22(23)25/h2-5,7-10,12-13,15-16H,6,11,14H2,1H3/b13-12-,17-15-. The summed E-state index contributed by atoms with van der Waals surface area (Å²) in [5, 5.41) is 0. The number of rotatable bonds is 5. The van der Waals surface area contributed by atoms with Crippen LogP contribution < -0.4 is 4.90 Å². The maximum atomic E-state index is 12.4. The van der Waals surface area contributed by atoms with E-state index in [1.807, 2.05) is 61.5 Å². The molecule has 0 bridgehead atoms. The number of nitrogens with zero attached hydrogens (tertiary/aromatic N) is 1. The quantitative estimate of drug-likeness (QED) is 0.454. The van der Waals surface area contributed by atoms with E-state index in [0.29, 0.717) is 12.0 Å². The van der Waals surface area contributed by atoms with Gasteiger partial charge in [-0.25, -0.2) is 0 Å². The van der Waals surface area contributed by atoms with Gasteiger partial charge in [0.25, 0.3) is 0 Å². The lowest BCUT2D eigenvalue weighted by Gasteiger charge is -2.16. The summed E-state index contributed by atoms with van der Waals surface area (Å²) in [6.45, 7) is 2.70. The van der Waals surface area contributed by atoms with E-state index in [-0.39, 0.29) is 11.7 Å². The molecule has 3 heteroatoms. The van der Waals surface area contributed by atoms with Crippen LogP contribution in [0, 0.1) is 0 Å². The molecule has 0 radical (unpaired) electrons. The highest BCUT2D eigenvalue weighted by atomic mass is 16.2. The summed E-state index contributed by atoms with van der Waals surface area (Å²) in [5.41, 5.74) is 3.51. The fraction of sp³-hybridized carbons (Fsp3) is 0.182. The van der Waals surface area contributed by atoms with Crippen molar-refractivity contribution in [2.75, 3.05) is 11.4 Å². The van der Waals surface area contributed by atoms with Crippen LogP contribution >= 0.6 is 0 Å². The van der Waals surface area contributed by atoms with E-state index in [0.717, 1.165) is 29.8 Å². The van der Waals surface area contributed by atoms with Gasteiger partial charge in [0, 0.05) is 24.2 Å². The normalized spacial score (nSPS) is 15.2. The van der Waals surface area contributed by atoms with Crippen LogP contribution in [0.3, 0.4) is 0 Å². The van der Waals surface area contributed by atoms with Crippen molar-refractivity contribution >= 4 is 23.5 Å². The maximum absolute atomic E-state index is 12.4. The fourth-order valence-corrected chi connectivity index (χ4v) is 2.91. The van der Waals surface area contributed by atoms with Gasteiger partial charge in [0.15, 0.2) is 5.78 Å². The predicted octanol–water partition coefficient (Wildman–Crippen LogP) is 4.66. The van der Waals surface area contributed by atoms with Crippen LogP contribution in [0.2, 0.25) is 0 Å². The molecule has 1 fully saturated rings. The van der Waals surface area contributed by atoms with Crippen molar-refractivity contribution in [2.24, 2.45) is 0 Å². The summed E-state index contributed by atoms with van der Waals surface area (Å²) in [7, 11) is 0. The number of carbonyl (C=O) groups is 2. The molecule has 0 aliphatic carbocycles. The number of ketones is 1. The molecule has 0 atom stereocenters. The van der Waals surface area contributed by atoms with Gasteiger partial charge in [-0.15, -0.1) is 0 Å². The molecular weight excluding hydrogens is 310 g/mol. The van der Waals surface area contributed by atoms with Gasteiger partial charge >= 0.3 is 0 Å². The minimum atomic E-state index is -0.0608. The van der Waals surface area contributed by atoms with Gasteiger partial charge in [-0.2, -0.15) is 0 Å². The lowest BCUT2D eigenvalue weighted by molar-refractivity contribution is -0.117. The van der Waals surface area contributed by atoms with E-state index in [1.165, 1.54) is 0 Å². The third-order valence-electron chi connectivity index (χ3n) is 4.21. The highest BCUT2D eigenvalue weighted by Gasteiger charge is 2.21. The van der Waals surface area contributed by atoms with Crippen LogP contribution in [-0.2, 0) is 4.79 Å². The Morgan fingerprint density at radius 2 is 1.84 bits per heavy atom. The van der Waals surface area contributed by atoms with Crippen LogP contribution in [0.15, 0.2) is 72.3 Å². The zero-order valence-electron chi connectivity index (χ0n) is 14.3. The molecule has 1 aliphatic rings. The van der Waals surface area contributed by atoms with Crippen molar-refractivity contribution in [2.45, 2.75) is 19.8 Å². The van der Waals surface area contributed by atoms with E-state index in [1.54, 1.807) is 23.1 Å². The number of amides is 1. The van der Waals surface area contributed by atoms with Crippen molar-refractivity contribution in [3.63, 3.8) is 0 Å². The molecule has 1 saturated heterocycles. The Labute approximate surface area is 148 Å². The molecule has 2 aromatic carbocycles. The van der Waals surface area contributed by atoms with E-state index in [9.17, 15) is 9.59 Å². The number of hydrogen-bond acceptors (Lipinski definition) is 2. The van der Waals surface area contributed by atoms with Crippen LogP contribution in [0.1, 0.15) is 35.7 Å². The Morgan fingerprint density at radius 3 is 2.56 bits per heavy atom. The highest BCUT2D eigenvalue weighted by molar-refractivity contribution is 6.06. The Bertz CT molecular complexity index is 834. The second-order valence-corrected chi connectivity index (χ2v) is 6.20. The average Bonchev–Trinajstić information content (AvgIpc) is 3.06.